The molecule has 3 aromatic rings. The van der Waals surface area contributed by atoms with Gasteiger partial charge in [-0.3, -0.25) is 0 Å². The van der Waals surface area contributed by atoms with Gasteiger partial charge in [-0.1, -0.05) is 84.3 Å². The first-order valence-corrected chi connectivity index (χ1v) is 10.1. The van der Waals surface area contributed by atoms with Crippen LogP contribution in [0, 0.1) is 0 Å². The molecule has 4 heteroatoms. The third-order valence-electron chi connectivity index (χ3n) is 5.44. The lowest BCUT2D eigenvalue weighted by Gasteiger charge is -2.39. The summed E-state index contributed by atoms with van der Waals surface area (Å²) < 4.78 is 5.30. The first-order chi connectivity index (χ1) is 14.2. The lowest BCUT2D eigenvalue weighted by atomic mass is 9.83. The lowest BCUT2D eigenvalue weighted by molar-refractivity contribution is -0.0979. The number of rotatable bonds is 7. The highest BCUT2D eigenvalue weighted by molar-refractivity contribution is 6.34. The summed E-state index contributed by atoms with van der Waals surface area (Å²) >= 11 is 0. The van der Waals surface area contributed by atoms with Crippen LogP contribution in [0.3, 0.4) is 0 Å². The van der Waals surface area contributed by atoms with Crippen LogP contribution in [0.2, 0.25) is 0 Å². The third kappa shape index (κ3) is 4.14. The quantitative estimate of drug-likeness (QED) is 0.501. The predicted octanol–water partition coefficient (Wildman–Crippen LogP) is 3.42. The van der Waals surface area contributed by atoms with Gasteiger partial charge in [0.15, 0.2) is 6.29 Å². The van der Waals surface area contributed by atoms with E-state index in [1.54, 1.807) is 0 Å². The molecule has 0 fully saturated rings. The minimum atomic E-state index is -0.861. The summed E-state index contributed by atoms with van der Waals surface area (Å²) in [5.41, 5.74) is 7.09. The smallest absolute Gasteiger partial charge is 0.181 e. The van der Waals surface area contributed by atoms with E-state index < -0.39 is 6.29 Å². The number of hydrogen-bond donors (Lipinski definition) is 1. The van der Waals surface area contributed by atoms with Crippen LogP contribution in [-0.4, -0.2) is 31.0 Å². The molecule has 0 spiro atoms. The lowest BCUT2D eigenvalue weighted by Crippen LogP contribution is -2.35. The molecule has 29 heavy (non-hydrogen) atoms. The van der Waals surface area contributed by atoms with E-state index in [-0.39, 0.29) is 6.04 Å². The second-order valence-electron chi connectivity index (χ2n) is 7.43. The van der Waals surface area contributed by atoms with Gasteiger partial charge in [0.25, 0.3) is 0 Å². The van der Waals surface area contributed by atoms with Crippen molar-refractivity contribution in [3.05, 3.63) is 107 Å². The van der Waals surface area contributed by atoms with Gasteiger partial charge >= 0.3 is 0 Å². The molecule has 1 aliphatic heterocycles. The van der Waals surface area contributed by atoms with Gasteiger partial charge in [-0.2, -0.15) is 0 Å². The Balaban J connectivity index is 1.60. The molecule has 0 bridgehead atoms. The fraction of sp³-hybridized carbons (Fsp3) is 0.200. The Morgan fingerprint density at radius 1 is 0.931 bits per heavy atom. The predicted molar refractivity (Wildman–Crippen MR) is 121 cm³/mol. The zero-order chi connectivity index (χ0) is 20.2. The summed E-state index contributed by atoms with van der Waals surface area (Å²) in [5, 5.41) is 10.1. The Hall–Kier alpha value is -2.82. The largest absolute Gasteiger partial charge is 0.364 e. The van der Waals surface area contributed by atoms with Crippen molar-refractivity contribution in [2.75, 3.05) is 13.2 Å². The highest BCUT2D eigenvalue weighted by atomic mass is 16.6. The van der Waals surface area contributed by atoms with Crippen LogP contribution in [0.25, 0.3) is 5.57 Å². The average molecular weight is 383 g/mol. The van der Waals surface area contributed by atoms with Crippen LogP contribution in [0.5, 0.6) is 0 Å². The summed E-state index contributed by atoms with van der Waals surface area (Å²) in [4.78, 5) is 2.39. The Morgan fingerprint density at radius 2 is 1.52 bits per heavy atom. The van der Waals surface area contributed by atoms with Gasteiger partial charge < -0.3 is 14.7 Å². The van der Waals surface area contributed by atoms with Gasteiger partial charge in [-0.05, 0) is 29.2 Å². The molecule has 0 amide bonds. The zero-order valence-electron chi connectivity index (χ0n) is 17.0. The third-order valence-corrected chi connectivity index (χ3v) is 5.44. The fourth-order valence-corrected chi connectivity index (χ4v) is 3.99. The molecular weight excluding hydrogens is 357 g/mol. The molecule has 4 rings (SSSR count). The first-order valence-electron chi connectivity index (χ1n) is 10.1. The van der Waals surface area contributed by atoms with Gasteiger partial charge in [-0.25, -0.2) is 0 Å². The van der Waals surface area contributed by atoms with E-state index in [1.807, 2.05) is 19.1 Å². The number of aliphatic hydroxyl groups is 1. The second kappa shape index (κ2) is 8.68. The first kappa shape index (κ1) is 19.5. The van der Waals surface area contributed by atoms with E-state index in [0.29, 0.717) is 6.61 Å². The molecule has 1 aliphatic rings. The molecule has 1 N–H and O–H groups in total. The summed E-state index contributed by atoms with van der Waals surface area (Å²) in [5.74, 6) is 0. The van der Waals surface area contributed by atoms with Crippen molar-refractivity contribution < 1.29 is 9.84 Å². The molecule has 3 aromatic carbocycles. The minimum absolute atomic E-state index is 0.209. The van der Waals surface area contributed by atoms with Gasteiger partial charge in [0.2, 0.25) is 0 Å². The number of aliphatic hydroxyl groups excluding tert-OH is 1. The number of nitrogens with zero attached hydrogens (tertiary/aromatic N) is 1. The van der Waals surface area contributed by atoms with Crippen molar-refractivity contribution >= 4 is 18.9 Å². The van der Waals surface area contributed by atoms with Gasteiger partial charge in [0, 0.05) is 24.9 Å². The van der Waals surface area contributed by atoms with Crippen LogP contribution in [0.4, 0.5) is 0 Å². The topological polar surface area (TPSA) is 32.7 Å². The van der Waals surface area contributed by atoms with Crippen LogP contribution in [0.15, 0.2) is 85.1 Å². The minimum Gasteiger partial charge on any atom is -0.364 e. The summed E-state index contributed by atoms with van der Waals surface area (Å²) in [6, 6.07) is 27.6. The number of ether oxygens (including phenoxy) is 1. The molecule has 0 aliphatic carbocycles. The van der Waals surface area contributed by atoms with E-state index in [1.165, 1.54) is 22.3 Å². The van der Waals surface area contributed by atoms with E-state index in [2.05, 4.69) is 85.7 Å². The van der Waals surface area contributed by atoms with Crippen molar-refractivity contribution in [3.63, 3.8) is 0 Å². The molecule has 1 atom stereocenters. The summed E-state index contributed by atoms with van der Waals surface area (Å²) in [6.07, 6.45) is 1.39. The highest BCUT2D eigenvalue weighted by Gasteiger charge is 2.27. The van der Waals surface area contributed by atoms with Gasteiger partial charge in [0.05, 0.1) is 6.04 Å². The molecule has 0 aromatic heterocycles. The molecule has 0 saturated carbocycles. The Kier molecular flexibility index (Phi) is 5.84. The van der Waals surface area contributed by atoms with Crippen LogP contribution in [-0.2, 0) is 4.74 Å². The van der Waals surface area contributed by atoms with Crippen molar-refractivity contribution in [1.29, 1.82) is 0 Å². The average Bonchev–Trinajstić information content (AvgIpc) is 2.72. The van der Waals surface area contributed by atoms with Gasteiger partial charge in [0.1, 0.15) is 7.85 Å². The summed E-state index contributed by atoms with van der Waals surface area (Å²) in [7, 11) is 2.09. The molecule has 1 heterocycles. The Labute approximate surface area is 173 Å². The fourth-order valence-electron chi connectivity index (χ4n) is 3.99. The maximum atomic E-state index is 10.1. The second-order valence-corrected chi connectivity index (χ2v) is 7.43. The van der Waals surface area contributed by atoms with Crippen molar-refractivity contribution in [2.45, 2.75) is 19.3 Å². The number of hydrogen-bond acceptors (Lipinski definition) is 3. The molecule has 0 radical (unpaired) electrons. The van der Waals surface area contributed by atoms with E-state index >= 15 is 0 Å². The normalized spacial score (nSPS) is 14.4. The molecule has 0 saturated heterocycles. The maximum Gasteiger partial charge on any atom is 0.181 e. The maximum absolute atomic E-state index is 10.1. The zero-order valence-corrected chi connectivity index (χ0v) is 17.0. The van der Waals surface area contributed by atoms with E-state index in [0.717, 1.165) is 17.6 Å². The molecule has 3 nitrogen and oxygen atoms in total. The SMILES string of the molecule is Bc1cc(C(O)OCC)ccc1C1=CN(C(c2ccccc2)c2ccccc2)C1. The van der Waals surface area contributed by atoms with Crippen LogP contribution < -0.4 is 5.46 Å². The van der Waals surface area contributed by atoms with Crippen LogP contribution in [0.1, 0.15) is 41.5 Å². The Morgan fingerprint density at radius 3 is 2.03 bits per heavy atom. The standard InChI is InChI=1S/C25H26BNO2/c1-2-29-25(28)20-13-14-22(23(26)15-20)21-16-27(17-21)24(18-9-5-3-6-10-18)19-11-7-4-8-12-19/h3-16,24-25,28H,2,17,26H2,1H3. The molecular formula is C25H26BNO2. The van der Waals surface area contributed by atoms with Crippen molar-refractivity contribution in [2.24, 2.45) is 0 Å². The van der Waals surface area contributed by atoms with Crippen LogP contribution >= 0.6 is 0 Å². The molecule has 1 unspecified atom stereocenters. The van der Waals surface area contributed by atoms with Crippen molar-refractivity contribution in [3.8, 4) is 0 Å². The van der Waals surface area contributed by atoms with Gasteiger partial charge in [-0.15, -0.1) is 0 Å². The Bertz CT molecular complexity index is 949. The van der Waals surface area contributed by atoms with E-state index in [9.17, 15) is 5.11 Å². The van der Waals surface area contributed by atoms with Crippen molar-refractivity contribution in [1.82, 2.24) is 4.90 Å². The van der Waals surface area contributed by atoms with E-state index in [4.69, 9.17) is 4.74 Å². The summed E-state index contributed by atoms with van der Waals surface area (Å²) in [6.45, 7) is 3.26. The molecule has 146 valence electrons. The number of benzene rings is 3. The monoisotopic (exact) mass is 383 g/mol. The highest BCUT2D eigenvalue weighted by Crippen LogP contribution is 2.36.